The summed E-state index contributed by atoms with van der Waals surface area (Å²) in [6, 6.07) is 7.25. The third kappa shape index (κ3) is 2.05. The molecule has 0 unspecified atom stereocenters. The molecule has 1 aromatic carbocycles. The van der Waals surface area contributed by atoms with Gasteiger partial charge in [-0.05, 0) is 25.5 Å². The quantitative estimate of drug-likeness (QED) is 0.797. The average Bonchev–Trinajstić information content (AvgIpc) is 2.16. The molecule has 0 saturated carbocycles. The molecule has 0 aliphatic carbocycles. The number of hydrogen-bond donors (Lipinski definition) is 1. The number of benzene rings is 1. The van der Waals surface area contributed by atoms with Crippen molar-refractivity contribution >= 4 is 11.7 Å². The van der Waals surface area contributed by atoms with E-state index in [1.165, 1.54) is 0 Å². The zero-order valence-electron chi connectivity index (χ0n) is 8.69. The Kier molecular flexibility index (Phi) is 3.12. The average molecular weight is 193 g/mol. The van der Waals surface area contributed by atoms with Crippen LogP contribution in [0.5, 0.6) is 0 Å². The molecule has 0 aliphatic heterocycles. The molecule has 1 aromatic rings. The molecule has 1 atom stereocenters. The van der Waals surface area contributed by atoms with E-state index in [4.69, 9.17) is 5.11 Å². The Balaban J connectivity index is 2.94. The zero-order valence-corrected chi connectivity index (χ0v) is 8.69. The van der Waals surface area contributed by atoms with Crippen LogP contribution in [0.15, 0.2) is 24.3 Å². The number of hydrogen-bond acceptors (Lipinski definition) is 2. The smallest absolute Gasteiger partial charge is 0.326 e. The number of para-hydroxylation sites is 1. The first-order valence-electron chi connectivity index (χ1n) is 4.55. The van der Waals surface area contributed by atoms with Gasteiger partial charge in [-0.15, -0.1) is 0 Å². The van der Waals surface area contributed by atoms with E-state index >= 15 is 0 Å². The molecular formula is C11H15NO2. The van der Waals surface area contributed by atoms with Gasteiger partial charge in [0, 0.05) is 12.7 Å². The van der Waals surface area contributed by atoms with Crippen LogP contribution in [0.4, 0.5) is 5.69 Å². The summed E-state index contributed by atoms with van der Waals surface area (Å²) in [5.41, 5.74) is 2.05. The minimum atomic E-state index is -0.809. The summed E-state index contributed by atoms with van der Waals surface area (Å²) in [4.78, 5) is 12.5. The summed E-state index contributed by atoms with van der Waals surface area (Å²) in [5.74, 6) is -0.809. The minimum Gasteiger partial charge on any atom is -0.480 e. The summed E-state index contributed by atoms with van der Waals surface area (Å²) in [5, 5.41) is 8.86. The number of rotatable bonds is 3. The lowest BCUT2D eigenvalue weighted by atomic mass is 10.1. The fourth-order valence-corrected chi connectivity index (χ4v) is 1.33. The van der Waals surface area contributed by atoms with E-state index in [1.807, 2.05) is 31.2 Å². The van der Waals surface area contributed by atoms with E-state index in [9.17, 15) is 4.79 Å². The molecule has 1 rings (SSSR count). The van der Waals surface area contributed by atoms with Crippen molar-refractivity contribution in [1.29, 1.82) is 0 Å². The maximum Gasteiger partial charge on any atom is 0.326 e. The maximum absolute atomic E-state index is 10.8. The van der Waals surface area contributed by atoms with Crippen LogP contribution in [0, 0.1) is 6.92 Å². The molecule has 0 saturated heterocycles. The van der Waals surface area contributed by atoms with Crippen molar-refractivity contribution in [3.8, 4) is 0 Å². The van der Waals surface area contributed by atoms with Gasteiger partial charge in [0.2, 0.25) is 0 Å². The number of aryl methyl sites for hydroxylation is 1. The number of carbonyl (C=O) groups is 1. The Morgan fingerprint density at radius 2 is 2.00 bits per heavy atom. The van der Waals surface area contributed by atoms with E-state index in [0.29, 0.717) is 0 Å². The Morgan fingerprint density at radius 3 is 2.50 bits per heavy atom. The Hall–Kier alpha value is -1.51. The van der Waals surface area contributed by atoms with Crippen LogP contribution in [0.2, 0.25) is 0 Å². The normalized spacial score (nSPS) is 12.2. The highest BCUT2D eigenvalue weighted by Crippen LogP contribution is 2.19. The van der Waals surface area contributed by atoms with Gasteiger partial charge in [-0.25, -0.2) is 4.79 Å². The summed E-state index contributed by atoms with van der Waals surface area (Å²) < 4.78 is 0. The van der Waals surface area contributed by atoms with Gasteiger partial charge in [0.1, 0.15) is 6.04 Å². The van der Waals surface area contributed by atoms with Crippen LogP contribution in [-0.4, -0.2) is 24.2 Å². The van der Waals surface area contributed by atoms with E-state index in [0.717, 1.165) is 11.3 Å². The second-order valence-corrected chi connectivity index (χ2v) is 3.41. The third-order valence-corrected chi connectivity index (χ3v) is 2.43. The molecule has 0 aromatic heterocycles. The predicted octanol–water partition coefficient (Wildman–Crippen LogP) is 1.90. The number of nitrogens with zero attached hydrogens (tertiary/aromatic N) is 1. The highest BCUT2D eigenvalue weighted by Gasteiger charge is 2.17. The van der Waals surface area contributed by atoms with Crippen LogP contribution >= 0.6 is 0 Å². The van der Waals surface area contributed by atoms with Gasteiger partial charge in [-0.2, -0.15) is 0 Å². The summed E-state index contributed by atoms with van der Waals surface area (Å²) >= 11 is 0. The monoisotopic (exact) mass is 193 g/mol. The molecule has 0 radical (unpaired) electrons. The summed E-state index contributed by atoms with van der Waals surface area (Å²) in [6.45, 7) is 3.65. The predicted molar refractivity (Wildman–Crippen MR) is 56.7 cm³/mol. The van der Waals surface area contributed by atoms with Crippen molar-refractivity contribution in [2.24, 2.45) is 0 Å². The summed E-state index contributed by atoms with van der Waals surface area (Å²) in [6.07, 6.45) is 0. The van der Waals surface area contributed by atoms with Gasteiger partial charge in [0.25, 0.3) is 0 Å². The van der Waals surface area contributed by atoms with Gasteiger partial charge in [-0.1, -0.05) is 18.2 Å². The number of carboxylic acid groups (broad SMARTS) is 1. The second-order valence-electron chi connectivity index (χ2n) is 3.41. The van der Waals surface area contributed by atoms with Gasteiger partial charge in [0.15, 0.2) is 0 Å². The first-order chi connectivity index (χ1) is 6.54. The summed E-state index contributed by atoms with van der Waals surface area (Å²) in [7, 11) is 1.79. The van der Waals surface area contributed by atoms with E-state index < -0.39 is 12.0 Å². The fourth-order valence-electron chi connectivity index (χ4n) is 1.33. The van der Waals surface area contributed by atoms with Crippen molar-refractivity contribution in [2.75, 3.05) is 11.9 Å². The minimum absolute atomic E-state index is 0.504. The maximum atomic E-state index is 10.8. The van der Waals surface area contributed by atoms with Crippen molar-refractivity contribution in [3.63, 3.8) is 0 Å². The van der Waals surface area contributed by atoms with Crippen LogP contribution in [0.3, 0.4) is 0 Å². The molecule has 3 nitrogen and oxygen atoms in total. The van der Waals surface area contributed by atoms with E-state index in [-0.39, 0.29) is 0 Å². The van der Waals surface area contributed by atoms with Gasteiger partial charge in [-0.3, -0.25) is 0 Å². The molecular weight excluding hydrogens is 178 g/mol. The zero-order chi connectivity index (χ0) is 10.7. The van der Waals surface area contributed by atoms with Crippen molar-refractivity contribution < 1.29 is 9.90 Å². The standard InChI is InChI=1S/C11H15NO2/c1-8-6-4-5-7-10(8)12(3)9(2)11(13)14/h4-7,9H,1-3H3,(H,13,14)/t9-/m1/s1. The lowest BCUT2D eigenvalue weighted by Crippen LogP contribution is -2.36. The highest BCUT2D eigenvalue weighted by atomic mass is 16.4. The lowest BCUT2D eigenvalue weighted by molar-refractivity contribution is -0.138. The molecule has 14 heavy (non-hydrogen) atoms. The number of aliphatic carboxylic acids is 1. The number of likely N-dealkylation sites (N-methyl/N-ethyl adjacent to an activating group) is 1. The molecule has 3 heteroatoms. The van der Waals surface area contributed by atoms with Crippen LogP contribution in [0.1, 0.15) is 12.5 Å². The Bertz CT molecular complexity index is 336. The molecule has 0 heterocycles. The van der Waals surface area contributed by atoms with E-state index in [2.05, 4.69) is 0 Å². The van der Waals surface area contributed by atoms with Crippen LogP contribution in [-0.2, 0) is 4.79 Å². The molecule has 0 fully saturated rings. The largest absolute Gasteiger partial charge is 0.480 e. The molecule has 0 spiro atoms. The number of anilines is 1. The SMILES string of the molecule is Cc1ccccc1N(C)[C@H](C)C(=O)O. The highest BCUT2D eigenvalue weighted by molar-refractivity contribution is 5.77. The Morgan fingerprint density at radius 1 is 1.43 bits per heavy atom. The molecule has 1 N–H and O–H groups in total. The van der Waals surface area contributed by atoms with E-state index in [1.54, 1.807) is 18.9 Å². The molecule has 0 bridgehead atoms. The first-order valence-corrected chi connectivity index (χ1v) is 4.55. The van der Waals surface area contributed by atoms with Gasteiger partial charge >= 0.3 is 5.97 Å². The third-order valence-electron chi connectivity index (χ3n) is 2.43. The molecule has 0 aliphatic rings. The molecule has 76 valence electrons. The topological polar surface area (TPSA) is 40.5 Å². The van der Waals surface area contributed by atoms with Crippen molar-refractivity contribution in [1.82, 2.24) is 0 Å². The number of carboxylic acids is 1. The fraction of sp³-hybridized carbons (Fsp3) is 0.364. The molecule has 0 amide bonds. The first kappa shape index (κ1) is 10.6. The lowest BCUT2D eigenvalue weighted by Gasteiger charge is -2.25. The van der Waals surface area contributed by atoms with Crippen LogP contribution < -0.4 is 4.90 Å². The van der Waals surface area contributed by atoms with Crippen LogP contribution in [0.25, 0.3) is 0 Å². The Labute approximate surface area is 84.0 Å². The second kappa shape index (κ2) is 4.13. The van der Waals surface area contributed by atoms with Gasteiger partial charge < -0.3 is 10.0 Å². The van der Waals surface area contributed by atoms with Gasteiger partial charge in [0.05, 0.1) is 0 Å². The van der Waals surface area contributed by atoms with Crippen molar-refractivity contribution in [3.05, 3.63) is 29.8 Å². The van der Waals surface area contributed by atoms with Crippen molar-refractivity contribution in [2.45, 2.75) is 19.9 Å².